The maximum atomic E-state index is 4.28. The van der Waals surface area contributed by atoms with Crippen molar-refractivity contribution in [2.24, 2.45) is 5.92 Å². The van der Waals surface area contributed by atoms with Gasteiger partial charge in [0.15, 0.2) is 0 Å². The molecule has 1 unspecified atom stereocenters. The maximum Gasteiger partial charge on any atom is 0.0476 e. The zero-order valence-electron chi connectivity index (χ0n) is 9.88. The molecule has 1 saturated heterocycles. The third kappa shape index (κ3) is 1.67. The van der Waals surface area contributed by atoms with Crippen LogP contribution >= 0.6 is 0 Å². The summed E-state index contributed by atoms with van der Waals surface area (Å²) in [6.45, 7) is 7.91. The number of nitrogens with zero attached hydrogens (tertiary/aromatic N) is 1. The second kappa shape index (κ2) is 3.93. The molecule has 0 radical (unpaired) electrons. The number of aromatic nitrogens is 1. The summed E-state index contributed by atoms with van der Waals surface area (Å²) in [7, 11) is 0. The van der Waals surface area contributed by atoms with Crippen molar-refractivity contribution in [1.82, 2.24) is 10.3 Å². The summed E-state index contributed by atoms with van der Waals surface area (Å²) < 4.78 is 0. The van der Waals surface area contributed by atoms with Crippen molar-refractivity contribution in [2.45, 2.75) is 39.2 Å². The van der Waals surface area contributed by atoms with Crippen LogP contribution in [-0.2, 0) is 5.54 Å². The third-order valence-corrected chi connectivity index (χ3v) is 3.69. The SMILES string of the molecule is Cc1ccncc1C1(C(C)C)CCCN1. The van der Waals surface area contributed by atoms with Gasteiger partial charge in [-0.05, 0) is 49.4 Å². The first-order valence-corrected chi connectivity index (χ1v) is 5.83. The smallest absolute Gasteiger partial charge is 0.0476 e. The molecule has 1 aliphatic heterocycles. The van der Waals surface area contributed by atoms with Crippen molar-refractivity contribution >= 4 is 0 Å². The molecule has 0 aromatic carbocycles. The van der Waals surface area contributed by atoms with Crippen molar-refractivity contribution in [2.75, 3.05) is 6.54 Å². The van der Waals surface area contributed by atoms with Crippen LogP contribution < -0.4 is 5.32 Å². The first-order valence-electron chi connectivity index (χ1n) is 5.83. The zero-order valence-corrected chi connectivity index (χ0v) is 9.88. The van der Waals surface area contributed by atoms with E-state index in [2.05, 4.69) is 37.1 Å². The van der Waals surface area contributed by atoms with Crippen LogP contribution in [0.15, 0.2) is 18.5 Å². The fourth-order valence-corrected chi connectivity index (χ4v) is 2.73. The van der Waals surface area contributed by atoms with Crippen LogP contribution in [0.4, 0.5) is 0 Å². The molecule has 2 nitrogen and oxygen atoms in total. The van der Waals surface area contributed by atoms with E-state index in [4.69, 9.17) is 0 Å². The highest BCUT2D eigenvalue weighted by Gasteiger charge is 2.39. The van der Waals surface area contributed by atoms with E-state index in [1.807, 2.05) is 12.4 Å². The Morgan fingerprint density at radius 1 is 1.47 bits per heavy atom. The molecule has 1 atom stereocenters. The Labute approximate surface area is 92.1 Å². The molecule has 0 bridgehead atoms. The summed E-state index contributed by atoms with van der Waals surface area (Å²) in [5.41, 5.74) is 2.91. The van der Waals surface area contributed by atoms with Gasteiger partial charge in [-0.25, -0.2) is 0 Å². The normalized spacial score (nSPS) is 26.1. The van der Waals surface area contributed by atoms with Gasteiger partial charge in [0, 0.05) is 17.9 Å². The first-order chi connectivity index (χ1) is 7.17. The predicted molar refractivity (Wildman–Crippen MR) is 62.7 cm³/mol. The molecule has 1 aromatic rings. The van der Waals surface area contributed by atoms with E-state index < -0.39 is 0 Å². The molecule has 2 rings (SSSR count). The molecule has 1 fully saturated rings. The van der Waals surface area contributed by atoms with Crippen molar-refractivity contribution in [3.63, 3.8) is 0 Å². The van der Waals surface area contributed by atoms with E-state index in [0.717, 1.165) is 6.54 Å². The lowest BCUT2D eigenvalue weighted by atomic mass is 9.78. The first kappa shape index (κ1) is 10.6. The fourth-order valence-electron chi connectivity index (χ4n) is 2.73. The van der Waals surface area contributed by atoms with Crippen LogP contribution in [0.5, 0.6) is 0 Å². The minimum Gasteiger partial charge on any atom is -0.307 e. The average molecular weight is 204 g/mol. The number of hydrogen-bond acceptors (Lipinski definition) is 2. The summed E-state index contributed by atoms with van der Waals surface area (Å²) >= 11 is 0. The van der Waals surface area contributed by atoms with Crippen LogP contribution in [0.1, 0.15) is 37.8 Å². The molecule has 82 valence electrons. The average Bonchev–Trinajstić information content (AvgIpc) is 2.68. The topological polar surface area (TPSA) is 24.9 Å². The molecule has 0 aliphatic carbocycles. The van der Waals surface area contributed by atoms with Crippen molar-refractivity contribution in [3.05, 3.63) is 29.6 Å². The molecule has 1 N–H and O–H groups in total. The summed E-state index contributed by atoms with van der Waals surface area (Å²) in [4.78, 5) is 4.28. The molecule has 1 aromatic heterocycles. The van der Waals surface area contributed by atoms with Gasteiger partial charge in [-0.2, -0.15) is 0 Å². The molecule has 1 aliphatic rings. The Balaban J connectivity index is 2.46. The van der Waals surface area contributed by atoms with Crippen LogP contribution in [-0.4, -0.2) is 11.5 Å². The third-order valence-electron chi connectivity index (χ3n) is 3.69. The summed E-state index contributed by atoms with van der Waals surface area (Å²) in [6, 6.07) is 2.11. The number of aryl methyl sites for hydroxylation is 1. The lowest BCUT2D eigenvalue weighted by molar-refractivity contribution is 0.275. The lowest BCUT2D eigenvalue weighted by Crippen LogP contribution is -2.42. The van der Waals surface area contributed by atoms with Gasteiger partial charge in [0.2, 0.25) is 0 Å². The summed E-state index contributed by atoms with van der Waals surface area (Å²) in [5, 5.41) is 3.69. The van der Waals surface area contributed by atoms with Gasteiger partial charge < -0.3 is 5.32 Å². The molecule has 0 amide bonds. The van der Waals surface area contributed by atoms with E-state index in [0.29, 0.717) is 5.92 Å². The molecule has 0 saturated carbocycles. The highest BCUT2D eigenvalue weighted by atomic mass is 15.0. The van der Waals surface area contributed by atoms with E-state index in [9.17, 15) is 0 Å². The van der Waals surface area contributed by atoms with Gasteiger partial charge in [0.1, 0.15) is 0 Å². The number of pyridine rings is 1. The minimum absolute atomic E-state index is 0.165. The Kier molecular flexibility index (Phi) is 2.79. The van der Waals surface area contributed by atoms with Crippen molar-refractivity contribution < 1.29 is 0 Å². The van der Waals surface area contributed by atoms with Gasteiger partial charge in [0.05, 0.1) is 0 Å². The van der Waals surface area contributed by atoms with Crippen LogP contribution in [0.25, 0.3) is 0 Å². The predicted octanol–water partition coefficient (Wildman–Crippen LogP) is 2.62. The molecule has 0 spiro atoms. The second-order valence-corrected chi connectivity index (χ2v) is 4.85. The van der Waals surface area contributed by atoms with Crippen molar-refractivity contribution in [3.8, 4) is 0 Å². The largest absolute Gasteiger partial charge is 0.307 e. The molecule has 15 heavy (non-hydrogen) atoms. The molecular formula is C13H20N2. The molecule has 2 heteroatoms. The summed E-state index contributed by atoms with van der Waals surface area (Å²) in [6.07, 6.45) is 6.42. The maximum absolute atomic E-state index is 4.28. The minimum atomic E-state index is 0.165. The Morgan fingerprint density at radius 2 is 2.27 bits per heavy atom. The van der Waals surface area contributed by atoms with E-state index in [1.165, 1.54) is 24.0 Å². The van der Waals surface area contributed by atoms with Crippen LogP contribution in [0, 0.1) is 12.8 Å². The highest BCUT2D eigenvalue weighted by molar-refractivity contribution is 5.31. The Hall–Kier alpha value is -0.890. The fraction of sp³-hybridized carbons (Fsp3) is 0.615. The van der Waals surface area contributed by atoms with E-state index in [1.54, 1.807) is 0 Å². The molecular weight excluding hydrogens is 184 g/mol. The van der Waals surface area contributed by atoms with Crippen LogP contribution in [0.2, 0.25) is 0 Å². The summed E-state index contributed by atoms with van der Waals surface area (Å²) in [5.74, 6) is 0.614. The van der Waals surface area contributed by atoms with E-state index in [-0.39, 0.29) is 5.54 Å². The van der Waals surface area contributed by atoms with Crippen LogP contribution in [0.3, 0.4) is 0 Å². The number of rotatable bonds is 2. The Morgan fingerprint density at radius 3 is 2.80 bits per heavy atom. The van der Waals surface area contributed by atoms with Gasteiger partial charge in [0.25, 0.3) is 0 Å². The van der Waals surface area contributed by atoms with Gasteiger partial charge >= 0.3 is 0 Å². The highest BCUT2D eigenvalue weighted by Crippen LogP contribution is 2.38. The van der Waals surface area contributed by atoms with Gasteiger partial charge in [-0.3, -0.25) is 4.98 Å². The van der Waals surface area contributed by atoms with Crippen molar-refractivity contribution in [1.29, 1.82) is 0 Å². The van der Waals surface area contributed by atoms with Gasteiger partial charge in [-0.1, -0.05) is 13.8 Å². The monoisotopic (exact) mass is 204 g/mol. The Bertz CT molecular complexity index is 338. The zero-order chi connectivity index (χ0) is 10.9. The number of nitrogens with one attached hydrogen (secondary N) is 1. The second-order valence-electron chi connectivity index (χ2n) is 4.85. The standard InChI is InChI=1S/C13H20N2/c1-10(2)13(6-4-7-15-13)12-9-14-8-5-11(12)3/h5,8-10,15H,4,6-7H2,1-3H3. The lowest BCUT2D eigenvalue weighted by Gasteiger charge is -2.35. The van der Waals surface area contributed by atoms with E-state index >= 15 is 0 Å². The quantitative estimate of drug-likeness (QED) is 0.801. The number of hydrogen-bond donors (Lipinski definition) is 1. The van der Waals surface area contributed by atoms with Gasteiger partial charge in [-0.15, -0.1) is 0 Å². The molecule has 2 heterocycles.